The van der Waals surface area contributed by atoms with Gasteiger partial charge in [0.25, 0.3) is 5.91 Å². The van der Waals surface area contributed by atoms with Crippen molar-refractivity contribution in [3.63, 3.8) is 0 Å². The summed E-state index contributed by atoms with van der Waals surface area (Å²) >= 11 is 0. The molecule has 2 aromatic heterocycles. The van der Waals surface area contributed by atoms with Gasteiger partial charge in [-0.1, -0.05) is 6.07 Å². The van der Waals surface area contributed by atoms with Gasteiger partial charge < -0.3 is 4.90 Å². The summed E-state index contributed by atoms with van der Waals surface area (Å²) in [6.45, 7) is 5.34. The first kappa shape index (κ1) is 13.8. The predicted octanol–water partition coefficient (Wildman–Crippen LogP) is 1.32. The van der Waals surface area contributed by atoms with Gasteiger partial charge in [-0.3, -0.25) is 19.8 Å². The molecule has 6 heteroatoms. The van der Waals surface area contributed by atoms with E-state index in [2.05, 4.69) is 27.0 Å². The van der Waals surface area contributed by atoms with E-state index in [-0.39, 0.29) is 11.9 Å². The Kier molecular flexibility index (Phi) is 3.96. The fourth-order valence-corrected chi connectivity index (χ4v) is 2.67. The average Bonchev–Trinajstić information content (AvgIpc) is 3.09. The third kappa shape index (κ3) is 2.95. The van der Waals surface area contributed by atoms with Crippen LogP contribution in [0.15, 0.2) is 36.7 Å². The summed E-state index contributed by atoms with van der Waals surface area (Å²) in [6.07, 6.45) is 3.43. The molecule has 0 saturated carbocycles. The normalized spacial score (nSPS) is 17.7. The molecule has 1 N–H and O–H groups in total. The van der Waals surface area contributed by atoms with Gasteiger partial charge in [0.05, 0.1) is 5.69 Å². The maximum absolute atomic E-state index is 12.2. The van der Waals surface area contributed by atoms with Crippen molar-refractivity contribution < 1.29 is 4.79 Å². The molecule has 3 rings (SSSR count). The largest absolute Gasteiger partial charge is 0.335 e. The Labute approximate surface area is 123 Å². The molecule has 1 saturated heterocycles. The van der Waals surface area contributed by atoms with Crippen molar-refractivity contribution in [2.75, 3.05) is 26.2 Å². The number of aromatic nitrogens is 3. The van der Waals surface area contributed by atoms with Gasteiger partial charge in [-0.15, -0.1) is 0 Å². The van der Waals surface area contributed by atoms with Gasteiger partial charge in [-0.25, -0.2) is 0 Å². The second-order valence-electron chi connectivity index (χ2n) is 5.23. The minimum absolute atomic E-state index is 0.0256. The van der Waals surface area contributed by atoms with Crippen LogP contribution < -0.4 is 0 Å². The van der Waals surface area contributed by atoms with Crippen LogP contribution >= 0.6 is 0 Å². The van der Waals surface area contributed by atoms with Gasteiger partial charge in [0.2, 0.25) is 0 Å². The number of nitrogens with zero attached hydrogens (tertiary/aromatic N) is 4. The molecule has 1 aliphatic rings. The molecule has 3 heterocycles. The Balaban J connectivity index is 1.59. The molecule has 2 aromatic rings. The number of piperazine rings is 1. The summed E-state index contributed by atoms with van der Waals surface area (Å²) < 4.78 is 0. The molecule has 0 unspecified atom stereocenters. The Morgan fingerprint density at radius 1 is 1.19 bits per heavy atom. The van der Waals surface area contributed by atoms with E-state index in [1.165, 1.54) is 0 Å². The van der Waals surface area contributed by atoms with Crippen LogP contribution in [0.5, 0.6) is 0 Å². The molecule has 0 aliphatic carbocycles. The molecule has 1 amide bonds. The fourth-order valence-electron chi connectivity index (χ4n) is 2.67. The van der Waals surface area contributed by atoms with E-state index >= 15 is 0 Å². The van der Waals surface area contributed by atoms with Gasteiger partial charge >= 0.3 is 0 Å². The summed E-state index contributed by atoms with van der Waals surface area (Å²) in [5.41, 5.74) is 1.63. The maximum Gasteiger partial charge on any atom is 0.271 e. The Bertz CT molecular complexity index is 575. The zero-order valence-corrected chi connectivity index (χ0v) is 12.1. The number of hydrogen-bond donors (Lipinski definition) is 1. The van der Waals surface area contributed by atoms with Crippen molar-refractivity contribution in [1.29, 1.82) is 0 Å². The SMILES string of the molecule is C[C@H](c1ccccn1)N1CCN(C(=O)c2ccn[nH]2)CC1. The summed E-state index contributed by atoms with van der Waals surface area (Å²) in [5, 5.41) is 6.56. The summed E-state index contributed by atoms with van der Waals surface area (Å²) in [4.78, 5) is 20.9. The quantitative estimate of drug-likeness (QED) is 0.924. The Morgan fingerprint density at radius 3 is 2.62 bits per heavy atom. The molecular formula is C15H19N5O. The molecule has 1 atom stereocenters. The van der Waals surface area contributed by atoms with E-state index in [0.29, 0.717) is 5.69 Å². The van der Waals surface area contributed by atoms with Crippen molar-refractivity contribution in [3.05, 3.63) is 48.0 Å². The summed E-state index contributed by atoms with van der Waals surface area (Å²) in [7, 11) is 0. The second-order valence-corrected chi connectivity index (χ2v) is 5.23. The smallest absolute Gasteiger partial charge is 0.271 e. The highest BCUT2D eigenvalue weighted by atomic mass is 16.2. The maximum atomic E-state index is 12.2. The number of pyridine rings is 1. The van der Waals surface area contributed by atoms with Crippen molar-refractivity contribution in [2.45, 2.75) is 13.0 Å². The predicted molar refractivity (Wildman–Crippen MR) is 78.7 cm³/mol. The lowest BCUT2D eigenvalue weighted by Gasteiger charge is -2.37. The molecule has 1 fully saturated rings. The lowest BCUT2D eigenvalue weighted by Crippen LogP contribution is -2.49. The molecular weight excluding hydrogens is 266 g/mol. The summed E-state index contributed by atoms with van der Waals surface area (Å²) in [6, 6.07) is 7.97. The van der Waals surface area contributed by atoms with Gasteiger partial charge in [-0.05, 0) is 25.1 Å². The zero-order valence-electron chi connectivity index (χ0n) is 12.1. The Hall–Kier alpha value is -2.21. The number of amides is 1. The first-order chi connectivity index (χ1) is 10.3. The lowest BCUT2D eigenvalue weighted by atomic mass is 10.1. The van der Waals surface area contributed by atoms with Crippen LogP contribution in [0, 0.1) is 0 Å². The number of carbonyl (C=O) groups is 1. The van der Waals surface area contributed by atoms with E-state index in [0.717, 1.165) is 31.9 Å². The number of aromatic amines is 1. The number of rotatable bonds is 3. The number of H-pyrrole nitrogens is 1. The molecule has 0 aromatic carbocycles. The molecule has 0 radical (unpaired) electrons. The Morgan fingerprint density at radius 2 is 2.00 bits per heavy atom. The highest BCUT2D eigenvalue weighted by molar-refractivity contribution is 5.92. The minimum Gasteiger partial charge on any atom is -0.335 e. The lowest BCUT2D eigenvalue weighted by molar-refractivity contribution is 0.0573. The monoisotopic (exact) mass is 285 g/mol. The number of carbonyl (C=O) groups excluding carboxylic acids is 1. The average molecular weight is 285 g/mol. The minimum atomic E-state index is 0.0256. The van der Waals surface area contributed by atoms with E-state index in [4.69, 9.17) is 0 Å². The zero-order chi connectivity index (χ0) is 14.7. The van der Waals surface area contributed by atoms with Gasteiger partial charge in [0.1, 0.15) is 5.69 Å². The number of hydrogen-bond acceptors (Lipinski definition) is 4. The second kappa shape index (κ2) is 6.05. The van der Waals surface area contributed by atoms with Crippen LogP contribution in [0.2, 0.25) is 0 Å². The molecule has 110 valence electrons. The van der Waals surface area contributed by atoms with Crippen LogP contribution in [-0.4, -0.2) is 57.1 Å². The van der Waals surface area contributed by atoms with Gasteiger partial charge in [0.15, 0.2) is 0 Å². The van der Waals surface area contributed by atoms with E-state index < -0.39 is 0 Å². The van der Waals surface area contributed by atoms with Gasteiger partial charge in [0, 0.05) is 44.6 Å². The topological polar surface area (TPSA) is 65.1 Å². The van der Waals surface area contributed by atoms with Crippen molar-refractivity contribution in [2.24, 2.45) is 0 Å². The van der Waals surface area contributed by atoms with Crippen molar-refractivity contribution in [3.8, 4) is 0 Å². The third-order valence-electron chi connectivity index (χ3n) is 4.00. The van der Waals surface area contributed by atoms with Crippen molar-refractivity contribution in [1.82, 2.24) is 25.0 Å². The molecule has 21 heavy (non-hydrogen) atoms. The van der Waals surface area contributed by atoms with Crippen LogP contribution in [0.1, 0.15) is 29.1 Å². The van der Waals surface area contributed by atoms with Crippen LogP contribution in [0.4, 0.5) is 0 Å². The third-order valence-corrected chi connectivity index (χ3v) is 4.00. The molecule has 6 nitrogen and oxygen atoms in total. The fraction of sp³-hybridized carbons (Fsp3) is 0.400. The van der Waals surface area contributed by atoms with Crippen molar-refractivity contribution >= 4 is 5.91 Å². The highest BCUT2D eigenvalue weighted by Gasteiger charge is 2.26. The molecule has 1 aliphatic heterocycles. The first-order valence-electron chi connectivity index (χ1n) is 7.19. The van der Waals surface area contributed by atoms with E-state index in [9.17, 15) is 4.79 Å². The summed E-state index contributed by atoms with van der Waals surface area (Å²) in [5.74, 6) is 0.0256. The molecule has 0 bridgehead atoms. The van der Waals surface area contributed by atoms with Crippen LogP contribution in [-0.2, 0) is 0 Å². The van der Waals surface area contributed by atoms with Crippen LogP contribution in [0.25, 0.3) is 0 Å². The van der Waals surface area contributed by atoms with E-state index in [1.807, 2.05) is 29.3 Å². The van der Waals surface area contributed by atoms with Gasteiger partial charge in [-0.2, -0.15) is 5.10 Å². The molecule has 0 spiro atoms. The number of nitrogens with one attached hydrogen (secondary N) is 1. The standard InChI is InChI=1S/C15H19N5O/c1-12(13-4-2-3-6-16-13)19-8-10-20(11-9-19)15(21)14-5-7-17-18-14/h2-7,12H,8-11H2,1H3,(H,17,18)/t12-/m1/s1. The first-order valence-corrected chi connectivity index (χ1v) is 7.19. The van der Waals surface area contributed by atoms with Crippen LogP contribution in [0.3, 0.4) is 0 Å². The highest BCUT2D eigenvalue weighted by Crippen LogP contribution is 2.19. The van der Waals surface area contributed by atoms with E-state index in [1.54, 1.807) is 12.3 Å².